The molecule has 64 valence electrons. The van der Waals surface area contributed by atoms with E-state index in [0.29, 0.717) is 6.61 Å². The first-order chi connectivity index (χ1) is 5.83. The fraction of sp³-hybridized carbons (Fsp3) is 0.222. The van der Waals surface area contributed by atoms with Crippen molar-refractivity contribution in [2.45, 2.75) is 6.42 Å². The number of carbonyl (C=O) groups excluding carboxylic acids is 1. The molecule has 0 spiro atoms. The summed E-state index contributed by atoms with van der Waals surface area (Å²) in [6.07, 6.45) is 1.96. The second-order valence-electron chi connectivity index (χ2n) is 2.25. The predicted molar refractivity (Wildman–Crippen MR) is 49.2 cm³/mol. The van der Waals surface area contributed by atoms with Gasteiger partial charge in [-0.2, -0.15) is 11.3 Å². The van der Waals surface area contributed by atoms with Crippen LogP contribution >= 0.6 is 11.3 Å². The van der Waals surface area contributed by atoms with Crippen LogP contribution in [-0.4, -0.2) is 12.6 Å². The second-order valence-corrected chi connectivity index (χ2v) is 3.03. The molecule has 0 aliphatic rings. The van der Waals surface area contributed by atoms with Crippen LogP contribution in [-0.2, 0) is 16.0 Å². The van der Waals surface area contributed by atoms with Gasteiger partial charge < -0.3 is 4.74 Å². The van der Waals surface area contributed by atoms with Gasteiger partial charge in [0.1, 0.15) is 0 Å². The minimum atomic E-state index is -0.356. The summed E-state index contributed by atoms with van der Waals surface area (Å²) in [6.45, 7) is 3.74. The van der Waals surface area contributed by atoms with E-state index in [1.807, 2.05) is 16.8 Å². The van der Waals surface area contributed by atoms with Gasteiger partial charge in [0.2, 0.25) is 0 Å². The second kappa shape index (κ2) is 4.72. The maximum Gasteiger partial charge on any atom is 0.330 e. The van der Waals surface area contributed by atoms with Crippen LogP contribution in [0.3, 0.4) is 0 Å². The van der Waals surface area contributed by atoms with Gasteiger partial charge in [0.05, 0.1) is 6.61 Å². The molecule has 0 amide bonds. The summed E-state index contributed by atoms with van der Waals surface area (Å²) in [7, 11) is 0. The minimum Gasteiger partial charge on any atom is -0.462 e. The summed E-state index contributed by atoms with van der Waals surface area (Å²) in [5, 5.41) is 4.05. The Kier molecular flexibility index (Phi) is 3.54. The molecule has 1 aromatic heterocycles. The van der Waals surface area contributed by atoms with Gasteiger partial charge in [-0.1, -0.05) is 6.58 Å². The van der Waals surface area contributed by atoms with Gasteiger partial charge in [-0.05, 0) is 22.4 Å². The number of hydrogen-bond acceptors (Lipinski definition) is 3. The smallest absolute Gasteiger partial charge is 0.330 e. The van der Waals surface area contributed by atoms with E-state index in [4.69, 9.17) is 4.74 Å². The van der Waals surface area contributed by atoms with E-state index in [2.05, 4.69) is 6.58 Å². The Labute approximate surface area is 75.5 Å². The van der Waals surface area contributed by atoms with E-state index >= 15 is 0 Å². The first-order valence-corrected chi connectivity index (χ1v) is 4.57. The van der Waals surface area contributed by atoms with Crippen molar-refractivity contribution in [1.29, 1.82) is 0 Å². The van der Waals surface area contributed by atoms with E-state index < -0.39 is 0 Å². The summed E-state index contributed by atoms with van der Waals surface area (Å²) < 4.78 is 4.81. The Hall–Kier alpha value is -1.09. The summed E-state index contributed by atoms with van der Waals surface area (Å²) in [5.41, 5.74) is 1.21. The highest BCUT2D eigenvalue weighted by molar-refractivity contribution is 7.07. The Balaban J connectivity index is 2.19. The fourth-order valence-electron chi connectivity index (χ4n) is 0.763. The molecule has 0 aliphatic carbocycles. The molecule has 0 unspecified atom stereocenters. The monoisotopic (exact) mass is 182 g/mol. The zero-order valence-corrected chi connectivity index (χ0v) is 7.47. The standard InChI is InChI=1S/C9H10O2S/c1-2-9(10)11-5-3-8-4-6-12-7-8/h2,4,6-7H,1,3,5H2. The van der Waals surface area contributed by atoms with Gasteiger partial charge in [0.15, 0.2) is 0 Å². The summed E-state index contributed by atoms with van der Waals surface area (Å²) in [4.78, 5) is 10.6. The lowest BCUT2D eigenvalue weighted by Gasteiger charge is -1.98. The van der Waals surface area contributed by atoms with Gasteiger partial charge in [0.25, 0.3) is 0 Å². The SMILES string of the molecule is C=CC(=O)OCCc1ccsc1. The van der Waals surface area contributed by atoms with Gasteiger partial charge in [-0.3, -0.25) is 0 Å². The maximum atomic E-state index is 10.6. The van der Waals surface area contributed by atoms with Crippen molar-refractivity contribution in [3.63, 3.8) is 0 Å². The van der Waals surface area contributed by atoms with Crippen LogP contribution in [0.5, 0.6) is 0 Å². The molecule has 1 heterocycles. The molecule has 0 radical (unpaired) electrons. The predicted octanol–water partition coefficient (Wildman–Crippen LogP) is 2.02. The van der Waals surface area contributed by atoms with Crippen molar-refractivity contribution in [3.05, 3.63) is 35.0 Å². The molecule has 0 aromatic carbocycles. The van der Waals surface area contributed by atoms with Gasteiger partial charge in [-0.25, -0.2) is 4.79 Å². The van der Waals surface area contributed by atoms with Gasteiger partial charge in [-0.15, -0.1) is 0 Å². The Bertz CT molecular complexity index is 252. The van der Waals surface area contributed by atoms with E-state index in [1.54, 1.807) is 11.3 Å². The first-order valence-electron chi connectivity index (χ1n) is 3.63. The first kappa shape index (κ1) is 9.00. The number of rotatable bonds is 4. The number of thiophene rings is 1. The quantitative estimate of drug-likeness (QED) is 0.526. The molecule has 0 bridgehead atoms. The van der Waals surface area contributed by atoms with Crippen molar-refractivity contribution >= 4 is 17.3 Å². The lowest BCUT2D eigenvalue weighted by molar-refractivity contribution is -0.137. The van der Waals surface area contributed by atoms with Crippen molar-refractivity contribution in [3.8, 4) is 0 Å². The van der Waals surface area contributed by atoms with Gasteiger partial charge >= 0.3 is 5.97 Å². The van der Waals surface area contributed by atoms with Crippen molar-refractivity contribution < 1.29 is 9.53 Å². The van der Waals surface area contributed by atoms with Crippen LogP contribution in [0.1, 0.15) is 5.56 Å². The molecular weight excluding hydrogens is 172 g/mol. The van der Waals surface area contributed by atoms with Crippen LogP contribution < -0.4 is 0 Å². The zero-order chi connectivity index (χ0) is 8.81. The summed E-state index contributed by atoms with van der Waals surface area (Å²) in [5.74, 6) is -0.356. The molecule has 0 aliphatic heterocycles. The highest BCUT2D eigenvalue weighted by atomic mass is 32.1. The van der Waals surface area contributed by atoms with E-state index in [9.17, 15) is 4.79 Å². The van der Waals surface area contributed by atoms with E-state index in [-0.39, 0.29) is 5.97 Å². The molecule has 0 saturated heterocycles. The van der Waals surface area contributed by atoms with Crippen LogP contribution in [0.4, 0.5) is 0 Å². The molecule has 0 atom stereocenters. The minimum absolute atomic E-state index is 0.356. The third kappa shape index (κ3) is 2.88. The highest BCUT2D eigenvalue weighted by Crippen LogP contribution is 2.06. The lowest BCUT2D eigenvalue weighted by Crippen LogP contribution is -2.03. The number of hydrogen-bond donors (Lipinski definition) is 0. The van der Waals surface area contributed by atoms with Crippen LogP contribution in [0.15, 0.2) is 29.5 Å². The maximum absolute atomic E-state index is 10.6. The summed E-state index contributed by atoms with van der Waals surface area (Å²) >= 11 is 1.64. The van der Waals surface area contributed by atoms with E-state index in [0.717, 1.165) is 6.42 Å². The third-order valence-electron chi connectivity index (χ3n) is 1.38. The molecule has 1 aromatic rings. The molecule has 1 rings (SSSR count). The molecule has 0 saturated carbocycles. The van der Waals surface area contributed by atoms with Crippen molar-refractivity contribution in [2.24, 2.45) is 0 Å². The average Bonchev–Trinajstić information content (AvgIpc) is 2.57. The normalized spacial score (nSPS) is 9.33. The Morgan fingerprint density at radius 3 is 3.17 bits per heavy atom. The van der Waals surface area contributed by atoms with Crippen LogP contribution in [0, 0.1) is 0 Å². The number of esters is 1. The molecule has 0 fully saturated rings. The lowest BCUT2D eigenvalue weighted by atomic mass is 10.3. The summed E-state index contributed by atoms with van der Waals surface area (Å²) in [6, 6.07) is 2.02. The Morgan fingerprint density at radius 1 is 1.75 bits per heavy atom. The zero-order valence-electron chi connectivity index (χ0n) is 6.66. The molecule has 2 nitrogen and oxygen atoms in total. The van der Waals surface area contributed by atoms with Crippen molar-refractivity contribution in [2.75, 3.05) is 6.61 Å². The third-order valence-corrected chi connectivity index (χ3v) is 2.11. The van der Waals surface area contributed by atoms with Crippen LogP contribution in [0.2, 0.25) is 0 Å². The molecular formula is C9H10O2S. The topological polar surface area (TPSA) is 26.3 Å². The largest absolute Gasteiger partial charge is 0.462 e. The van der Waals surface area contributed by atoms with Crippen molar-refractivity contribution in [1.82, 2.24) is 0 Å². The average molecular weight is 182 g/mol. The Morgan fingerprint density at radius 2 is 2.58 bits per heavy atom. The fourth-order valence-corrected chi connectivity index (χ4v) is 1.47. The number of ether oxygens (including phenoxy) is 1. The van der Waals surface area contributed by atoms with Gasteiger partial charge in [0, 0.05) is 12.5 Å². The highest BCUT2D eigenvalue weighted by Gasteiger charge is 1.96. The molecule has 12 heavy (non-hydrogen) atoms. The van der Waals surface area contributed by atoms with E-state index in [1.165, 1.54) is 11.6 Å². The number of carbonyl (C=O) groups is 1. The molecule has 0 N–H and O–H groups in total. The molecule has 3 heteroatoms. The van der Waals surface area contributed by atoms with Crippen LogP contribution in [0.25, 0.3) is 0 Å².